The molecule has 0 unspecified atom stereocenters. The number of hydrogen-bond donors (Lipinski definition) is 1. The molecule has 17 heteroatoms. The molecule has 0 fully saturated rings. The summed E-state index contributed by atoms with van der Waals surface area (Å²) in [4.78, 5) is 55.6. The van der Waals surface area contributed by atoms with Gasteiger partial charge in [0, 0.05) is 65.1 Å². The quantitative estimate of drug-likeness (QED) is 0.198. The van der Waals surface area contributed by atoms with E-state index in [2.05, 4.69) is 50.3 Å². The maximum Gasteiger partial charge on any atom is 1.00 e. The third-order valence-corrected chi connectivity index (χ3v) is 6.02. The number of aromatic nitrogens is 6. The molecule has 4 N–H and O–H groups in total. The average molecular weight is 731 g/mol. The number of halogens is 1. The number of pyridine rings is 3. The molecule has 6 aromatic rings. The summed E-state index contributed by atoms with van der Waals surface area (Å²) in [5.74, 6) is -0.533. The number of oxazole rings is 3. The molecule has 0 bridgehead atoms. The molecular formula is C32H32BrLiN6O9. The molecule has 0 spiro atoms. The van der Waals surface area contributed by atoms with Crippen LogP contribution < -0.4 is 18.9 Å². The van der Waals surface area contributed by atoms with Gasteiger partial charge in [0.2, 0.25) is 11.8 Å². The summed E-state index contributed by atoms with van der Waals surface area (Å²) in [6.45, 7) is 8.59. The van der Waals surface area contributed by atoms with E-state index in [4.69, 9.17) is 13.9 Å². The summed E-state index contributed by atoms with van der Waals surface area (Å²) in [5, 5.41) is 8.66. The van der Waals surface area contributed by atoms with Crippen molar-refractivity contribution in [3.63, 3.8) is 0 Å². The van der Waals surface area contributed by atoms with E-state index >= 15 is 0 Å². The van der Waals surface area contributed by atoms with Crippen LogP contribution in [0.5, 0.6) is 0 Å². The van der Waals surface area contributed by atoms with Gasteiger partial charge in [-0.3, -0.25) is 24.5 Å². The SMILES string of the molecule is CC(=O)c1coc(-c2ccnc(C)c2)n1.CC(=O)c1cocn1.Cc1cc(-c2nc(C(=O)O)co2)ccn1.Cc1cc(Br)ccn1.O.[Li+].[OH-]. The maximum atomic E-state index is 11.0. The summed E-state index contributed by atoms with van der Waals surface area (Å²) in [7, 11) is 0. The van der Waals surface area contributed by atoms with Gasteiger partial charge in [-0.15, -0.1) is 0 Å². The van der Waals surface area contributed by atoms with Crippen LogP contribution in [0.4, 0.5) is 0 Å². The predicted octanol–water partition coefficient (Wildman–Crippen LogP) is 3.02. The van der Waals surface area contributed by atoms with Crippen molar-refractivity contribution in [2.45, 2.75) is 34.6 Å². The van der Waals surface area contributed by atoms with Gasteiger partial charge >= 0.3 is 24.8 Å². The summed E-state index contributed by atoms with van der Waals surface area (Å²) in [6, 6.07) is 11.0. The van der Waals surface area contributed by atoms with Crippen LogP contribution in [-0.4, -0.2) is 63.5 Å². The topological polar surface area (TPSA) is 250 Å². The molecule has 252 valence electrons. The zero-order valence-corrected chi connectivity index (χ0v) is 29.0. The first-order chi connectivity index (χ1) is 21.9. The zero-order chi connectivity index (χ0) is 33.6. The van der Waals surface area contributed by atoms with E-state index < -0.39 is 5.97 Å². The largest absolute Gasteiger partial charge is 1.00 e. The van der Waals surface area contributed by atoms with Crippen molar-refractivity contribution < 1.29 is 62.6 Å². The number of ketones is 2. The van der Waals surface area contributed by atoms with Crippen molar-refractivity contribution in [3.05, 3.63) is 119 Å². The minimum absolute atomic E-state index is 0. The average Bonchev–Trinajstić information content (AvgIpc) is 3.80. The van der Waals surface area contributed by atoms with Crippen molar-refractivity contribution in [1.82, 2.24) is 29.9 Å². The van der Waals surface area contributed by atoms with E-state index in [1.165, 1.54) is 32.8 Å². The van der Waals surface area contributed by atoms with Crippen LogP contribution in [0.1, 0.15) is 62.4 Å². The molecule has 0 radical (unpaired) electrons. The number of Topliss-reactive ketones (excluding diaryl/α,β-unsaturated/α-hetero) is 2. The smallest absolute Gasteiger partial charge is 0.870 e. The predicted molar refractivity (Wildman–Crippen MR) is 175 cm³/mol. The fraction of sp³-hybridized carbons (Fsp3) is 0.156. The number of carboxylic acids is 1. The number of aryl methyl sites for hydroxylation is 3. The molecule has 0 aliphatic heterocycles. The molecule has 49 heavy (non-hydrogen) atoms. The monoisotopic (exact) mass is 730 g/mol. The molecular weight excluding hydrogens is 699 g/mol. The summed E-state index contributed by atoms with van der Waals surface area (Å²) in [5.41, 5.74) is 4.92. The van der Waals surface area contributed by atoms with E-state index in [-0.39, 0.29) is 53.0 Å². The maximum absolute atomic E-state index is 11.0. The van der Waals surface area contributed by atoms with Crippen molar-refractivity contribution in [2.75, 3.05) is 0 Å². The van der Waals surface area contributed by atoms with Gasteiger partial charge in [0.15, 0.2) is 23.7 Å². The second kappa shape index (κ2) is 21.7. The molecule has 6 rings (SSSR count). The summed E-state index contributed by atoms with van der Waals surface area (Å²) in [6.07, 6.45) is 10.1. The first-order valence-corrected chi connectivity index (χ1v) is 14.2. The Balaban J connectivity index is 0.000000639. The van der Waals surface area contributed by atoms with E-state index in [1.807, 2.05) is 39.0 Å². The summed E-state index contributed by atoms with van der Waals surface area (Å²) >= 11 is 3.32. The Hall–Kier alpha value is -5.11. The van der Waals surface area contributed by atoms with Crippen molar-refractivity contribution >= 4 is 33.5 Å². The molecule has 6 aromatic heterocycles. The number of carbonyl (C=O) groups is 3. The number of rotatable bonds is 5. The van der Waals surface area contributed by atoms with Crippen molar-refractivity contribution in [1.29, 1.82) is 0 Å². The molecule has 15 nitrogen and oxygen atoms in total. The second-order valence-corrected chi connectivity index (χ2v) is 10.3. The molecule has 0 atom stereocenters. The minimum atomic E-state index is -1.10. The van der Waals surface area contributed by atoms with Crippen LogP contribution in [0.15, 0.2) is 97.9 Å². The first-order valence-electron chi connectivity index (χ1n) is 13.4. The van der Waals surface area contributed by atoms with Gasteiger partial charge in [-0.25, -0.2) is 19.7 Å². The summed E-state index contributed by atoms with van der Waals surface area (Å²) < 4.78 is 15.9. The standard InChI is InChI=1S/C11H10N2O2.C10H8N2O3.C6H6BrN.C5H5NO2.Li.2H2O/c1-7-5-9(3-4-12-7)11-13-10(6-15-11)8(2)14;1-6-4-7(2-3-11-6)9-12-8(5-15-9)10(13)14;1-5-4-6(7)2-3-8-5;1-4(7)5-2-8-3-6-5;;;/h3-6H,1-2H3;2-5H,1H3,(H,13,14);2-4H,1H3;2-3H,1H3;;2*1H2/q;;;;+1;;/p-1. The van der Waals surface area contributed by atoms with E-state index in [9.17, 15) is 14.4 Å². The van der Waals surface area contributed by atoms with E-state index in [0.717, 1.165) is 38.9 Å². The van der Waals surface area contributed by atoms with Crippen molar-refractivity contribution in [2.24, 2.45) is 0 Å². The Bertz CT molecular complexity index is 1800. The fourth-order valence-electron chi connectivity index (χ4n) is 3.33. The molecule has 0 amide bonds. The van der Waals surface area contributed by atoms with Gasteiger partial charge in [-0.05, 0) is 57.2 Å². The van der Waals surface area contributed by atoms with Crippen molar-refractivity contribution in [3.8, 4) is 22.9 Å². The third-order valence-electron chi connectivity index (χ3n) is 5.53. The van der Waals surface area contributed by atoms with Gasteiger partial charge in [0.25, 0.3) is 0 Å². The molecule has 6 heterocycles. The number of aromatic carboxylic acids is 1. The Morgan fingerprint density at radius 1 is 0.673 bits per heavy atom. The van der Waals surface area contributed by atoms with E-state index in [0.29, 0.717) is 17.3 Å². The fourth-order valence-corrected chi connectivity index (χ4v) is 3.78. The minimum Gasteiger partial charge on any atom is -0.870 e. The number of nitrogens with zero attached hydrogens (tertiary/aromatic N) is 6. The van der Waals surface area contributed by atoms with Gasteiger partial charge in [-0.2, -0.15) is 0 Å². The molecule has 0 aliphatic rings. The van der Waals surface area contributed by atoms with E-state index in [1.54, 1.807) is 36.8 Å². The van der Waals surface area contributed by atoms with Crippen LogP contribution in [0.3, 0.4) is 0 Å². The molecule has 0 aliphatic carbocycles. The van der Waals surface area contributed by atoms with Gasteiger partial charge in [0.05, 0.1) is 0 Å². The third kappa shape index (κ3) is 14.7. The first kappa shape index (κ1) is 43.9. The van der Waals surface area contributed by atoms with Gasteiger partial charge in [0.1, 0.15) is 30.2 Å². The van der Waals surface area contributed by atoms with Crippen LogP contribution in [0.2, 0.25) is 0 Å². The normalized spacial score (nSPS) is 9.27. The zero-order valence-electron chi connectivity index (χ0n) is 27.4. The molecule has 0 saturated heterocycles. The van der Waals surface area contributed by atoms with Crippen LogP contribution in [0, 0.1) is 20.8 Å². The molecule has 0 aromatic carbocycles. The Morgan fingerprint density at radius 3 is 1.43 bits per heavy atom. The Morgan fingerprint density at radius 2 is 1.12 bits per heavy atom. The second-order valence-electron chi connectivity index (χ2n) is 9.35. The van der Waals surface area contributed by atoms with Crippen LogP contribution >= 0.6 is 15.9 Å². The van der Waals surface area contributed by atoms with Gasteiger partial charge < -0.3 is 29.3 Å². The van der Waals surface area contributed by atoms with Crippen LogP contribution in [-0.2, 0) is 0 Å². The molecule has 0 saturated carbocycles. The van der Waals surface area contributed by atoms with Crippen LogP contribution in [0.25, 0.3) is 22.9 Å². The van der Waals surface area contributed by atoms with Gasteiger partial charge in [-0.1, -0.05) is 15.9 Å². The Labute approximate surface area is 301 Å². The number of hydrogen-bond acceptors (Lipinski definition) is 13. The Kier molecular flexibility index (Phi) is 19.4. The number of carbonyl (C=O) groups excluding carboxylic acids is 2. The number of carboxylic acid groups (broad SMARTS) is 1.